The van der Waals surface area contributed by atoms with Gasteiger partial charge in [0, 0.05) is 24.7 Å². The Balaban J connectivity index is 1.26. The fourth-order valence-corrected chi connectivity index (χ4v) is 4.86. The van der Waals surface area contributed by atoms with Gasteiger partial charge in [-0.3, -0.25) is 0 Å². The molecule has 4 aromatic rings. The van der Waals surface area contributed by atoms with Gasteiger partial charge in [-0.1, -0.05) is 11.6 Å². The molecule has 2 aliphatic rings. The second-order valence-corrected chi connectivity index (χ2v) is 9.22. The summed E-state index contributed by atoms with van der Waals surface area (Å²) >= 11 is 6.25. The van der Waals surface area contributed by atoms with Gasteiger partial charge in [0.05, 0.1) is 10.9 Å². The van der Waals surface area contributed by atoms with E-state index in [1.165, 1.54) is 6.33 Å². The molecule has 0 spiro atoms. The fourth-order valence-electron chi connectivity index (χ4n) is 4.67. The molecule has 6 rings (SSSR count). The van der Waals surface area contributed by atoms with Crippen LogP contribution in [0.2, 0.25) is 5.15 Å². The van der Waals surface area contributed by atoms with Crippen molar-refractivity contribution in [2.75, 3.05) is 19.0 Å². The Morgan fingerprint density at radius 2 is 1.94 bits per heavy atom. The number of benzene rings is 1. The van der Waals surface area contributed by atoms with Crippen LogP contribution in [0.5, 0.6) is 5.75 Å². The number of aromatic nitrogens is 4. The summed E-state index contributed by atoms with van der Waals surface area (Å²) in [7, 11) is 1.85. The maximum absolute atomic E-state index is 6.42. The molecule has 0 saturated carbocycles. The number of anilines is 1. The zero-order valence-corrected chi connectivity index (χ0v) is 19.7. The van der Waals surface area contributed by atoms with Gasteiger partial charge >= 0.3 is 0 Å². The Morgan fingerprint density at radius 1 is 1.12 bits per heavy atom. The van der Waals surface area contributed by atoms with Crippen LogP contribution in [0.4, 0.5) is 5.82 Å². The van der Waals surface area contributed by atoms with Gasteiger partial charge in [0.2, 0.25) is 0 Å². The normalized spacial score (nSPS) is 25.6. The molecule has 9 nitrogen and oxygen atoms in total. The van der Waals surface area contributed by atoms with Crippen molar-refractivity contribution in [3.8, 4) is 5.75 Å². The fraction of sp³-hybridized carbons (Fsp3) is 0.375. The summed E-state index contributed by atoms with van der Waals surface area (Å²) in [6.07, 6.45) is 1.91. The monoisotopic (exact) mass is 481 g/mol. The third-order valence-electron chi connectivity index (χ3n) is 6.19. The van der Waals surface area contributed by atoms with Crippen molar-refractivity contribution in [1.82, 2.24) is 19.5 Å². The first-order valence-corrected chi connectivity index (χ1v) is 11.5. The van der Waals surface area contributed by atoms with Gasteiger partial charge in [0.25, 0.3) is 0 Å². The summed E-state index contributed by atoms with van der Waals surface area (Å²) in [6, 6.07) is 11.7. The van der Waals surface area contributed by atoms with Crippen molar-refractivity contribution in [2.45, 2.75) is 44.2 Å². The minimum absolute atomic E-state index is 0.295. The van der Waals surface area contributed by atoms with E-state index < -0.39 is 12.0 Å². The average molecular weight is 482 g/mol. The highest BCUT2D eigenvalue weighted by Crippen LogP contribution is 2.44. The summed E-state index contributed by atoms with van der Waals surface area (Å²) < 4.78 is 26.9. The zero-order valence-electron chi connectivity index (χ0n) is 18.9. The van der Waals surface area contributed by atoms with Crippen LogP contribution in [0.15, 0.2) is 48.9 Å². The van der Waals surface area contributed by atoms with Crippen molar-refractivity contribution < 1.29 is 18.9 Å². The summed E-state index contributed by atoms with van der Waals surface area (Å²) in [4.78, 5) is 13.1. The highest BCUT2D eigenvalue weighted by molar-refractivity contribution is 6.33. The maximum atomic E-state index is 6.42. The van der Waals surface area contributed by atoms with E-state index in [0.29, 0.717) is 23.2 Å². The predicted molar refractivity (Wildman–Crippen MR) is 127 cm³/mol. The number of halogens is 1. The number of nitrogens with zero attached hydrogens (tertiary/aromatic N) is 4. The van der Waals surface area contributed by atoms with Gasteiger partial charge in [-0.2, -0.15) is 0 Å². The molecule has 0 radical (unpaired) electrons. The molecule has 1 aromatic carbocycles. The van der Waals surface area contributed by atoms with Crippen molar-refractivity contribution in [3.05, 3.63) is 54.1 Å². The minimum Gasteiger partial charge on any atom is -0.491 e. The van der Waals surface area contributed by atoms with Crippen LogP contribution < -0.4 is 10.1 Å². The topological polar surface area (TPSA) is 92.6 Å². The third kappa shape index (κ3) is 3.65. The van der Waals surface area contributed by atoms with Crippen LogP contribution in [0.25, 0.3) is 21.9 Å². The lowest BCUT2D eigenvalue weighted by Gasteiger charge is -2.25. The highest BCUT2D eigenvalue weighted by Gasteiger charge is 2.56. The number of fused-ring (bicyclic) bond motifs is 3. The molecule has 5 heterocycles. The largest absolute Gasteiger partial charge is 0.491 e. The Morgan fingerprint density at radius 3 is 2.79 bits per heavy atom. The molecule has 0 bridgehead atoms. The lowest BCUT2D eigenvalue weighted by molar-refractivity contribution is -0.198. The SMILES string of the molecule is CNc1ccc2ccc(OC[C@H]3O[C@@H](n4ccc5c(Cl)ncnc54)[C@@H]4OC(C)(C)O[C@@H]43)cc2n1. The van der Waals surface area contributed by atoms with Gasteiger partial charge < -0.3 is 28.8 Å². The van der Waals surface area contributed by atoms with Crippen LogP contribution in [0, 0.1) is 0 Å². The number of hydrogen-bond donors (Lipinski definition) is 1. The molecule has 3 aromatic heterocycles. The van der Waals surface area contributed by atoms with Gasteiger partial charge in [-0.15, -0.1) is 0 Å². The van der Waals surface area contributed by atoms with Crippen molar-refractivity contribution in [1.29, 1.82) is 0 Å². The molecule has 4 atom stereocenters. The summed E-state index contributed by atoms with van der Waals surface area (Å²) in [6.45, 7) is 4.10. The van der Waals surface area contributed by atoms with E-state index in [1.807, 2.05) is 68.1 Å². The number of rotatable bonds is 5. The van der Waals surface area contributed by atoms with Crippen LogP contribution >= 0.6 is 11.6 Å². The van der Waals surface area contributed by atoms with Crippen LogP contribution in [0.1, 0.15) is 20.1 Å². The van der Waals surface area contributed by atoms with E-state index in [2.05, 4.69) is 20.3 Å². The molecule has 2 aliphatic heterocycles. The first-order chi connectivity index (χ1) is 16.4. The van der Waals surface area contributed by atoms with Crippen LogP contribution in [0.3, 0.4) is 0 Å². The lowest BCUT2D eigenvalue weighted by atomic mass is 10.1. The molecular weight excluding hydrogens is 458 g/mol. The van der Waals surface area contributed by atoms with Crippen molar-refractivity contribution in [3.63, 3.8) is 0 Å². The Hall–Kier alpha value is -2.98. The Kier molecular flexibility index (Phi) is 5.11. The molecule has 10 heteroatoms. The first-order valence-electron chi connectivity index (χ1n) is 11.1. The molecule has 176 valence electrons. The second kappa shape index (κ2) is 8.06. The average Bonchev–Trinajstić information content (AvgIpc) is 3.48. The molecule has 0 unspecified atom stereocenters. The van der Waals surface area contributed by atoms with Gasteiger partial charge in [0.15, 0.2) is 12.0 Å². The zero-order chi connectivity index (χ0) is 23.4. The quantitative estimate of drug-likeness (QED) is 0.424. The van der Waals surface area contributed by atoms with Crippen molar-refractivity contribution in [2.24, 2.45) is 0 Å². The number of hydrogen-bond acceptors (Lipinski definition) is 8. The molecular formula is C24H24ClN5O4. The summed E-state index contributed by atoms with van der Waals surface area (Å²) in [5.74, 6) is 0.777. The Bertz CT molecular complexity index is 1380. The third-order valence-corrected chi connectivity index (χ3v) is 6.50. The first kappa shape index (κ1) is 21.5. The number of pyridine rings is 1. The molecule has 2 fully saturated rings. The summed E-state index contributed by atoms with van der Waals surface area (Å²) in [5.41, 5.74) is 1.53. The smallest absolute Gasteiger partial charge is 0.164 e. The van der Waals surface area contributed by atoms with E-state index >= 15 is 0 Å². The maximum Gasteiger partial charge on any atom is 0.164 e. The minimum atomic E-state index is -0.735. The van der Waals surface area contributed by atoms with E-state index in [9.17, 15) is 0 Å². The van der Waals surface area contributed by atoms with E-state index in [4.69, 9.17) is 30.5 Å². The Labute approximate surface area is 201 Å². The molecule has 34 heavy (non-hydrogen) atoms. The molecule has 0 amide bonds. The lowest BCUT2D eigenvalue weighted by Crippen LogP contribution is -2.33. The predicted octanol–water partition coefficient (Wildman–Crippen LogP) is 4.17. The molecule has 1 N–H and O–H groups in total. The standard InChI is InChI=1S/C24H24ClN5O4/c1-24(2)33-19-17(11-31-14-6-4-13-5-7-18(26-3)29-16(13)10-14)32-23(20(19)34-24)30-9-8-15-21(25)27-12-28-22(15)30/h4-10,12,17,19-20,23H,11H2,1-3H3,(H,26,29)/t17-,19-,20-,23-/m1/s1. The van der Waals surface area contributed by atoms with Crippen LogP contribution in [-0.4, -0.2) is 57.3 Å². The molecule has 2 saturated heterocycles. The summed E-state index contributed by atoms with van der Waals surface area (Å²) in [5, 5.41) is 5.25. The molecule has 0 aliphatic carbocycles. The number of nitrogens with one attached hydrogen (secondary N) is 1. The number of ether oxygens (including phenoxy) is 4. The van der Waals surface area contributed by atoms with E-state index in [-0.39, 0.29) is 18.3 Å². The van der Waals surface area contributed by atoms with E-state index in [1.54, 1.807) is 0 Å². The second-order valence-electron chi connectivity index (χ2n) is 8.87. The van der Waals surface area contributed by atoms with Gasteiger partial charge in [-0.25, -0.2) is 15.0 Å². The van der Waals surface area contributed by atoms with Crippen molar-refractivity contribution >= 4 is 39.4 Å². The van der Waals surface area contributed by atoms with Gasteiger partial charge in [0.1, 0.15) is 53.6 Å². The highest BCUT2D eigenvalue weighted by atomic mass is 35.5. The van der Waals surface area contributed by atoms with E-state index in [0.717, 1.165) is 22.1 Å². The van der Waals surface area contributed by atoms with Crippen LogP contribution in [-0.2, 0) is 14.2 Å². The van der Waals surface area contributed by atoms with Gasteiger partial charge in [-0.05, 0) is 44.2 Å².